The fraction of sp³-hybridized carbons (Fsp3) is 0.625. The van der Waals surface area contributed by atoms with Crippen molar-refractivity contribution < 1.29 is 0 Å². The number of aliphatic imine (C=N–C) groups is 1. The lowest BCUT2D eigenvalue weighted by Gasteiger charge is -2.06. The fourth-order valence-corrected chi connectivity index (χ4v) is 1.43. The van der Waals surface area contributed by atoms with Crippen molar-refractivity contribution in [1.82, 2.24) is 0 Å². The monoisotopic (exact) mass is 157 g/mol. The Kier molecular flexibility index (Phi) is 5.40. The lowest BCUT2D eigenvalue weighted by molar-refractivity contribution is 0.814. The van der Waals surface area contributed by atoms with Crippen molar-refractivity contribution in [3.05, 3.63) is 11.1 Å². The Morgan fingerprint density at radius 1 is 1.70 bits per heavy atom. The molecule has 0 spiro atoms. The molecular formula is C8H15NS. The molecule has 0 saturated carbocycles. The molecule has 0 atom stereocenters. The maximum Gasteiger partial charge on any atom is 0.0358 e. The summed E-state index contributed by atoms with van der Waals surface area (Å²) >= 11 is 1.84. The molecule has 0 saturated heterocycles. The van der Waals surface area contributed by atoms with E-state index < -0.39 is 0 Å². The third kappa shape index (κ3) is 3.72. The maximum atomic E-state index is 3.74. The highest BCUT2D eigenvalue weighted by atomic mass is 32.2. The quantitative estimate of drug-likeness (QED) is 0.571. The summed E-state index contributed by atoms with van der Waals surface area (Å²) in [4.78, 5) is 5.06. The van der Waals surface area contributed by atoms with Crippen molar-refractivity contribution in [2.24, 2.45) is 10.9 Å². The fourth-order valence-electron chi connectivity index (χ4n) is 0.610. The lowest BCUT2D eigenvalue weighted by Crippen LogP contribution is -1.88. The molecule has 0 aliphatic carbocycles. The van der Waals surface area contributed by atoms with Crippen molar-refractivity contribution in [3.8, 4) is 0 Å². The summed E-state index contributed by atoms with van der Waals surface area (Å²) in [5.74, 6) is 1.69. The molecule has 0 radical (unpaired) electrons. The van der Waals surface area contributed by atoms with Crippen molar-refractivity contribution >= 4 is 18.5 Å². The molecule has 0 N–H and O–H groups in total. The minimum Gasteiger partial charge on any atom is -0.272 e. The molecule has 0 fully saturated rings. The summed E-state index contributed by atoms with van der Waals surface area (Å²) in [5.41, 5.74) is 0. The van der Waals surface area contributed by atoms with Crippen molar-refractivity contribution in [3.63, 3.8) is 0 Å². The van der Waals surface area contributed by atoms with Crippen LogP contribution in [0.2, 0.25) is 0 Å². The van der Waals surface area contributed by atoms with Crippen molar-refractivity contribution in [2.75, 3.05) is 5.75 Å². The molecule has 0 heterocycles. The number of hydrogen-bond acceptors (Lipinski definition) is 2. The van der Waals surface area contributed by atoms with Gasteiger partial charge >= 0.3 is 0 Å². The van der Waals surface area contributed by atoms with E-state index in [1.807, 2.05) is 18.0 Å². The van der Waals surface area contributed by atoms with E-state index in [1.165, 1.54) is 4.91 Å². The van der Waals surface area contributed by atoms with Crippen LogP contribution in [0.4, 0.5) is 0 Å². The van der Waals surface area contributed by atoms with Crippen LogP contribution < -0.4 is 0 Å². The van der Waals surface area contributed by atoms with Gasteiger partial charge in [0.05, 0.1) is 0 Å². The van der Waals surface area contributed by atoms with Crippen LogP contribution in [-0.4, -0.2) is 12.5 Å². The molecule has 0 rings (SSSR count). The Morgan fingerprint density at radius 3 is 2.60 bits per heavy atom. The number of allylic oxidation sites excluding steroid dienone is 1. The van der Waals surface area contributed by atoms with Gasteiger partial charge in [0.1, 0.15) is 0 Å². The minimum absolute atomic E-state index is 0.579. The van der Waals surface area contributed by atoms with E-state index in [-0.39, 0.29) is 0 Å². The molecule has 0 bridgehead atoms. The highest BCUT2D eigenvalue weighted by Gasteiger charge is 2.00. The van der Waals surface area contributed by atoms with Crippen LogP contribution in [0.25, 0.3) is 0 Å². The standard InChI is InChI=1S/C8H15NS/c1-5-10-8(6-9-4)7(2)3/h6-7H,4-5H2,1-3H3/b8-6-. The zero-order valence-electron chi connectivity index (χ0n) is 6.92. The molecule has 10 heavy (non-hydrogen) atoms. The van der Waals surface area contributed by atoms with E-state index in [0.717, 1.165) is 5.75 Å². The average Bonchev–Trinajstić information content (AvgIpc) is 1.87. The smallest absolute Gasteiger partial charge is 0.0358 e. The van der Waals surface area contributed by atoms with Gasteiger partial charge in [0.25, 0.3) is 0 Å². The first-order valence-electron chi connectivity index (χ1n) is 3.51. The Balaban J connectivity index is 3.97. The molecule has 0 amide bonds. The van der Waals surface area contributed by atoms with Crippen LogP contribution in [0, 0.1) is 5.92 Å². The Morgan fingerprint density at radius 2 is 2.30 bits per heavy atom. The highest BCUT2D eigenvalue weighted by Crippen LogP contribution is 2.23. The molecule has 0 aromatic heterocycles. The highest BCUT2D eigenvalue weighted by molar-refractivity contribution is 8.03. The van der Waals surface area contributed by atoms with Crippen molar-refractivity contribution in [1.29, 1.82) is 0 Å². The summed E-state index contributed by atoms with van der Waals surface area (Å²) in [5, 5.41) is 0. The van der Waals surface area contributed by atoms with Crippen LogP contribution in [0.15, 0.2) is 16.1 Å². The summed E-state index contributed by atoms with van der Waals surface area (Å²) < 4.78 is 0. The van der Waals surface area contributed by atoms with Crippen LogP contribution in [0.5, 0.6) is 0 Å². The van der Waals surface area contributed by atoms with E-state index in [1.54, 1.807) is 0 Å². The molecule has 0 aromatic carbocycles. The van der Waals surface area contributed by atoms with Gasteiger partial charge in [-0.3, -0.25) is 4.99 Å². The number of thioether (sulfide) groups is 1. The largest absolute Gasteiger partial charge is 0.272 e. The second kappa shape index (κ2) is 5.54. The van der Waals surface area contributed by atoms with Gasteiger partial charge in [-0.15, -0.1) is 11.8 Å². The number of nitrogens with zero attached hydrogens (tertiary/aromatic N) is 1. The van der Waals surface area contributed by atoms with Gasteiger partial charge in [-0.05, 0) is 18.4 Å². The van der Waals surface area contributed by atoms with Crippen LogP contribution >= 0.6 is 11.8 Å². The van der Waals surface area contributed by atoms with Crippen LogP contribution in [0.1, 0.15) is 20.8 Å². The van der Waals surface area contributed by atoms with Gasteiger partial charge in [-0.1, -0.05) is 20.8 Å². The molecule has 1 nitrogen and oxygen atoms in total. The van der Waals surface area contributed by atoms with Crippen LogP contribution in [0.3, 0.4) is 0 Å². The lowest BCUT2D eigenvalue weighted by atomic mass is 10.2. The summed E-state index contributed by atoms with van der Waals surface area (Å²) in [6, 6.07) is 0. The Labute approximate surface area is 67.6 Å². The molecular weight excluding hydrogens is 142 g/mol. The zero-order valence-corrected chi connectivity index (χ0v) is 7.74. The average molecular weight is 157 g/mol. The van der Waals surface area contributed by atoms with E-state index in [0.29, 0.717) is 5.92 Å². The van der Waals surface area contributed by atoms with Gasteiger partial charge in [0, 0.05) is 11.1 Å². The maximum absolute atomic E-state index is 3.74. The zero-order chi connectivity index (χ0) is 7.98. The van der Waals surface area contributed by atoms with E-state index in [4.69, 9.17) is 0 Å². The minimum atomic E-state index is 0.579. The summed E-state index contributed by atoms with van der Waals surface area (Å²) in [7, 11) is 0. The first-order valence-corrected chi connectivity index (χ1v) is 4.49. The van der Waals surface area contributed by atoms with E-state index >= 15 is 0 Å². The normalized spacial score (nSPS) is 12.2. The molecule has 58 valence electrons. The SMILES string of the molecule is C=N/C=C(\SCC)C(C)C. The summed E-state index contributed by atoms with van der Waals surface area (Å²) in [6.45, 7) is 9.90. The van der Waals surface area contributed by atoms with Gasteiger partial charge in [-0.25, -0.2) is 0 Å². The van der Waals surface area contributed by atoms with Crippen LogP contribution in [-0.2, 0) is 0 Å². The Hall–Kier alpha value is -0.240. The summed E-state index contributed by atoms with van der Waals surface area (Å²) in [6.07, 6.45) is 1.85. The Bertz CT molecular complexity index is 127. The first-order chi connectivity index (χ1) is 4.72. The third-order valence-electron chi connectivity index (χ3n) is 1.10. The first kappa shape index (κ1) is 9.76. The van der Waals surface area contributed by atoms with Gasteiger partial charge in [0.15, 0.2) is 0 Å². The molecule has 0 aliphatic rings. The van der Waals surface area contributed by atoms with Crippen molar-refractivity contribution in [2.45, 2.75) is 20.8 Å². The molecule has 2 heteroatoms. The van der Waals surface area contributed by atoms with Gasteiger partial charge in [0.2, 0.25) is 0 Å². The predicted molar refractivity (Wildman–Crippen MR) is 50.6 cm³/mol. The topological polar surface area (TPSA) is 12.4 Å². The van der Waals surface area contributed by atoms with Gasteiger partial charge in [-0.2, -0.15) is 0 Å². The van der Waals surface area contributed by atoms with Gasteiger partial charge < -0.3 is 0 Å². The number of hydrogen-bond donors (Lipinski definition) is 0. The molecule has 0 aromatic rings. The second-order valence-corrected chi connectivity index (χ2v) is 3.64. The second-order valence-electron chi connectivity index (χ2n) is 2.30. The predicted octanol–water partition coefficient (Wildman–Crippen LogP) is 2.94. The van der Waals surface area contributed by atoms with E-state index in [9.17, 15) is 0 Å². The third-order valence-corrected chi connectivity index (χ3v) is 2.30. The number of rotatable bonds is 4. The molecule has 0 unspecified atom stereocenters. The van der Waals surface area contributed by atoms with E-state index in [2.05, 4.69) is 32.5 Å². The molecule has 0 aliphatic heterocycles.